The molecule has 0 bridgehead atoms. The number of hydrogen-bond acceptors (Lipinski definition) is 2. The zero-order valence-corrected chi connectivity index (χ0v) is 33.9. The molecular formula is C60H39NO. The van der Waals surface area contributed by atoms with Crippen LogP contribution in [0.25, 0.3) is 98.8 Å². The van der Waals surface area contributed by atoms with Gasteiger partial charge in [0.15, 0.2) is 0 Å². The second kappa shape index (κ2) is 14.8. The number of benzene rings is 11. The highest BCUT2D eigenvalue weighted by atomic mass is 16.3. The first-order chi connectivity index (χ1) is 30.7. The van der Waals surface area contributed by atoms with Crippen LogP contribution in [0.1, 0.15) is 0 Å². The molecule has 1 aromatic heterocycles. The summed E-state index contributed by atoms with van der Waals surface area (Å²) in [6.45, 7) is 0. The molecule has 0 saturated heterocycles. The minimum Gasteiger partial charge on any atom is -0.455 e. The monoisotopic (exact) mass is 789 g/mol. The molecule has 12 aromatic rings. The van der Waals surface area contributed by atoms with Gasteiger partial charge >= 0.3 is 0 Å². The lowest BCUT2D eigenvalue weighted by Crippen LogP contribution is -2.10. The molecule has 0 fully saturated rings. The third-order valence-electron chi connectivity index (χ3n) is 12.4. The Balaban J connectivity index is 1.06. The van der Waals surface area contributed by atoms with Crippen LogP contribution in [0, 0.1) is 0 Å². The number of anilines is 3. The summed E-state index contributed by atoms with van der Waals surface area (Å²) >= 11 is 0. The Morgan fingerprint density at radius 3 is 1.63 bits per heavy atom. The van der Waals surface area contributed by atoms with Crippen LogP contribution in [0.3, 0.4) is 0 Å². The van der Waals surface area contributed by atoms with E-state index in [1.807, 2.05) is 6.07 Å². The second-order valence-electron chi connectivity index (χ2n) is 16.0. The van der Waals surface area contributed by atoms with E-state index in [4.69, 9.17) is 4.42 Å². The zero-order chi connectivity index (χ0) is 41.0. The van der Waals surface area contributed by atoms with E-state index in [9.17, 15) is 0 Å². The summed E-state index contributed by atoms with van der Waals surface area (Å²) in [4.78, 5) is 2.42. The lowest BCUT2D eigenvalue weighted by molar-refractivity contribution is 0.672. The van der Waals surface area contributed by atoms with Crippen molar-refractivity contribution < 1.29 is 4.42 Å². The Bertz CT molecular complexity index is 3650. The molecular weight excluding hydrogens is 751 g/mol. The fraction of sp³-hybridized carbons (Fsp3) is 0. The van der Waals surface area contributed by atoms with Crippen molar-refractivity contribution in [3.05, 3.63) is 237 Å². The number of hydrogen-bond donors (Lipinski definition) is 0. The molecule has 12 rings (SSSR count). The van der Waals surface area contributed by atoms with Gasteiger partial charge in [0.2, 0.25) is 0 Å². The van der Waals surface area contributed by atoms with E-state index >= 15 is 0 Å². The van der Waals surface area contributed by atoms with Gasteiger partial charge in [-0.15, -0.1) is 0 Å². The van der Waals surface area contributed by atoms with Crippen molar-refractivity contribution in [3.8, 4) is 44.5 Å². The maximum Gasteiger partial charge on any atom is 0.143 e. The van der Waals surface area contributed by atoms with Crippen molar-refractivity contribution in [2.24, 2.45) is 0 Å². The number of fused-ring (bicyclic) bond motifs is 8. The molecule has 0 unspecified atom stereocenters. The molecule has 2 heteroatoms. The second-order valence-corrected chi connectivity index (χ2v) is 16.0. The summed E-state index contributed by atoms with van der Waals surface area (Å²) in [5, 5.41) is 9.46. The van der Waals surface area contributed by atoms with Crippen LogP contribution < -0.4 is 4.90 Å². The summed E-state index contributed by atoms with van der Waals surface area (Å²) in [7, 11) is 0. The minimum absolute atomic E-state index is 0.897. The molecule has 11 aromatic carbocycles. The molecule has 1 heterocycles. The molecule has 290 valence electrons. The largest absolute Gasteiger partial charge is 0.455 e. The molecule has 0 aliphatic rings. The Morgan fingerprint density at radius 2 is 0.806 bits per heavy atom. The fourth-order valence-corrected chi connectivity index (χ4v) is 9.54. The summed E-state index contributed by atoms with van der Waals surface area (Å²) in [5.41, 5.74) is 14.5. The summed E-state index contributed by atoms with van der Waals surface area (Å²) < 4.78 is 6.61. The maximum absolute atomic E-state index is 6.61. The highest BCUT2D eigenvalue weighted by molar-refractivity contribution is 6.18. The SMILES string of the molecule is c1ccc(-c2cccc(-c3cccc(N(c4cccc(-c5ccccc5-c5cc6ccccc6c6ccccc56)c4)c4cccc5c4ccc4c6ccccc6oc54)c3)c2)cc1. The highest BCUT2D eigenvalue weighted by Gasteiger charge is 2.20. The van der Waals surface area contributed by atoms with Crippen LogP contribution in [0.2, 0.25) is 0 Å². The van der Waals surface area contributed by atoms with Crippen LogP contribution >= 0.6 is 0 Å². The van der Waals surface area contributed by atoms with Crippen molar-refractivity contribution in [1.82, 2.24) is 0 Å². The molecule has 0 N–H and O–H groups in total. The van der Waals surface area contributed by atoms with Crippen LogP contribution in [-0.4, -0.2) is 0 Å². The number of para-hydroxylation sites is 1. The molecule has 2 nitrogen and oxygen atoms in total. The Hall–Kier alpha value is -8.20. The molecule has 62 heavy (non-hydrogen) atoms. The first kappa shape index (κ1) is 35.7. The number of rotatable bonds is 7. The Labute approximate surface area is 360 Å². The normalized spacial score (nSPS) is 11.5. The Morgan fingerprint density at radius 1 is 0.274 bits per heavy atom. The summed E-state index contributed by atoms with van der Waals surface area (Å²) in [5.74, 6) is 0. The van der Waals surface area contributed by atoms with E-state index in [-0.39, 0.29) is 0 Å². The fourth-order valence-electron chi connectivity index (χ4n) is 9.54. The predicted molar refractivity (Wildman–Crippen MR) is 263 cm³/mol. The van der Waals surface area contributed by atoms with Gasteiger partial charge in [-0.2, -0.15) is 0 Å². The topological polar surface area (TPSA) is 16.4 Å². The van der Waals surface area contributed by atoms with Gasteiger partial charge in [-0.3, -0.25) is 0 Å². The molecule has 0 aliphatic carbocycles. The lowest BCUT2D eigenvalue weighted by Gasteiger charge is -2.28. The van der Waals surface area contributed by atoms with Crippen molar-refractivity contribution in [2.75, 3.05) is 4.90 Å². The quantitative estimate of drug-likeness (QED) is 0.150. The van der Waals surface area contributed by atoms with Crippen molar-refractivity contribution in [1.29, 1.82) is 0 Å². The highest BCUT2D eigenvalue weighted by Crippen LogP contribution is 2.46. The van der Waals surface area contributed by atoms with E-state index in [0.717, 1.165) is 60.9 Å². The Kier molecular flexibility index (Phi) is 8.53. The lowest BCUT2D eigenvalue weighted by atomic mass is 9.89. The molecule has 0 spiro atoms. The van der Waals surface area contributed by atoms with Crippen LogP contribution in [0.4, 0.5) is 17.1 Å². The standard InChI is InChI=1S/C60H39NO/c1-2-16-40(17-3-1)41-19-12-20-42(36-41)43-21-13-23-46(37-43)61(58-32-15-31-55-53(58)34-35-56-54-30-10-11-33-59(54)62-60(55)56)47-24-14-22-44(38-47)48-26-6-7-28-51(48)57-39-45-18-4-5-25-49(45)50-27-8-9-29-52(50)57/h1-39H. The minimum atomic E-state index is 0.897. The molecule has 0 saturated carbocycles. The zero-order valence-electron chi connectivity index (χ0n) is 33.9. The van der Waals surface area contributed by atoms with Gasteiger partial charge < -0.3 is 9.32 Å². The van der Waals surface area contributed by atoms with Gasteiger partial charge in [-0.25, -0.2) is 0 Å². The molecule has 0 amide bonds. The van der Waals surface area contributed by atoms with E-state index in [1.165, 1.54) is 54.9 Å². The van der Waals surface area contributed by atoms with Crippen molar-refractivity contribution >= 4 is 71.3 Å². The third-order valence-corrected chi connectivity index (χ3v) is 12.4. The van der Waals surface area contributed by atoms with Crippen LogP contribution in [0.15, 0.2) is 241 Å². The van der Waals surface area contributed by atoms with Crippen molar-refractivity contribution in [2.45, 2.75) is 0 Å². The van der Waals surface area contributed by atoms with Gasteiger partial charge in [-0.1, -0.05) is 182 Å². The average molecular weight is 790 g/mol. The average Bonchev–Trinajstić information content (AvgIpc) is 3.74. The first-order valence-corrected chi connectivity index (χ1v) is 21.2. The molecule has 0 aliphatic heterocycles. The van der Waals surface area contributed by atoms with Gasteiger partial charge in [0, 0.05) is 32.9 Å². The first-order valence-electron chi connectivity index (χ1n) is 21.2. The van der Waals surface area contributed by atoms with Gasteiger partial charge in [0.25, 0.3) is 0 Å². The van der Waals surface area contributed by atoms with Gasteiger partial charge in [-0.05, 0) is 121 Å². The maximum atomic E-state index is 6.61. The smallest absolute Gasteiger partial charge is 0.143 e. The molecule has 0 radical (unpaired) electrons. The predicted octanol–water partition coefficient (Wildman–Crippen LogP) is 17.2. The van der Waals surface area contributed by atoms with E-state index in [1.54, 1.807) is 0 Å². The van der Waals surface area contributed by atoms with E-state index in [2.05, 4.69) is 235 Å². The van der Waals surface area contributed by atoms with E-state index < -0.39 is 0 Å². The van der Waals surface area contributed by atoms with Crippen LogP contribution in [-0.2, 0) is 0 Å². The molecule has 0 atom stereocenters. The van der Waals surface area contributed by atoms with Crippen LogP contribution in [0.5, 0.6) is 0 Å². The third kappa shape index (κ3) is 6.04. The number of nitrogens with zero attached hydrogens (tertiary/aromatic N) is 1. The summed E-state index contributed by atoms with van der Waals surface area (Å²) in [6, 6.07) is 85.5. The van der Waals surface area contributed by atoms with Crippen molar-refractivity contribution in [3.63, 3.8) is 0 Å². The van der Waals surface area contributed by atoms with Gasteiger partial charge in [0.05, 0.1) is 5.69 Å². The van der Waals surface area contributed by atoms with Gasteiger partial charge in [0.1, 0.15) is 11.2 Å². The number of furan rings is 1. The van der Waals surface area contributed by atoms with E-state index in [0.29, 0.717) is 0 Å². The summed E-state index contributed by atoms with van der Waals surface area (Å²) in [6.07, 6.45) is 0.